The zero-order valence-corrected chi connectivity index (χ0v) is 14.5. The normalized spacial score (nSPS) is 22.5. The van der Waals surface area contributed by atoms with Crippen LogP contribution in [0.15, 0.2) is 12.3 Å². The minimum atomic E-state index is -0.951. The molecule has 0 saturated heterocycles. The highest BCUT2D eigenvalue weighted by molar-refractivity contribution is 7.98. The fourth-order valence-electron chi connectivity index (χ4n) is 3.10. The Kier molecular flexibility index (Phi) is 6.50. The van der Waals surface area contributed by atoms with Gasteiger partial charge in [-0.3, -0.25) is 9.48 Å². The van der Waals surface area contributed by atoms with Gasteiger partial charge in [0.15, 0.2) is 0 Å². The number of thioether (sulfide) groups is 1. The molecule has 1 fully saturated rings. The molecule has 0 aliphatic heterocycles. The van der Waals surface area contributed by atoms with Crippen molar-refractivity contribution in [3.05, 3.63) is 18.0 Å². The summed E-state index contributed by atoms with van der Waals surface area (Å²) in [6.07, 6.45) is 7.32. The number of hydrogen-bond donors (Lipinski definition) is 2. The summed E-state index contributed by atoms with van der Waals surface area (Å²) in [5.41, 5.74) is 0.425. The lowest BCUT2D eigenvalue weighted by Gasteiger charge is -2.30. The Morgan fingerprint density at radius 2 is 2.13 bits per heavy atom. The largest absolute Gasteiger partial charge is 0.480 e. The molecule has 23 heavy (non-hydrogen) atoms. The van der Waals surface area contributed by atoms with Crippen LogP contribution in [0.2, 0.25) is 0 Å². The minimum absolute atomic E-state index is 0.00946. The molecule has 0 spiro atoms. The van der Waals surface area contributed by atoms with Gasteiger partial charge in [-0.25, -0.2) is 4.79 Å². The number of hydrogen-bond acceptors (Lipinski definition) is 4. The van der Waals surface area contributed by atoms with Crippen molar-refractivity contribution in [3.63, 3.8) is 0 Å². The Balaban J connectivity index is 2.03. The number of carboxylic acid groups (broad SMARTS) is 1. The Morgan fingerprint density at radius 3 is 2.74 bits per heavy atom. The highest BCUT2D eigenvalue weighted by Gasteiger charge is 2.32. The first-order valence-corrected chi connectivity index (χ1v) is 9.46. The van der Waals surface area contributed by atoms with Crippen molar-refractivity contribution in [1.82, 2.24) is 15.1 Å². The topological polar surface area (TPSA) is 84.2 Å². The summed E-state index contributed by atoms with van der Waals surface area (Å²) in [4.78, 5) is 24.1. The molecule has 0 aromatic carbocycles. The second-order valence-corrected chi connectivity index (χ2v) is 7.23. The summed E-state index contributed by atoms with van der Waals surface area (Å²) in [5, 5.41) is 16.4. The molecule has 1 aliphatic carbocycles. The van der Waals surface area contributed by atoms with Gasteiger partial charge in [-0.1, -0.05) is 19.8 Å². The van der Waals surface area contributed by atoms with E-state index < -0.39 is 12.0 Å². The number of rotatable bonds is 7. The highest BCUT2D eigenvalue weighted by atomic mass is 32.2. The molecule has 128 valence electrons. The molecular weight excluding hydrogens is 314 g/mol. The van der Waals surface area contributed by atoms with Gasteiger partial charge >= 0.3 is 5.97 Å². The Morgan fingerprint density at radius 1 is 1.43 bits per heavy atom. The smallest absolute Gasteiger partial charge is 0.326 e. The predicted molar refractivity (Wildman–Crippen MR) is 90.6 cm³/mol. The van der Waals surface area contributed by atoms with Crippen LogP contribution in [-0.2, 0) is 11.3 Å². The Hall–Kier alpha value is -1.50. The second kappa shape index (κ2) is 8.38. The number of aryl methyl sites for hydroxylation is 1. The molecule has 1 aromatic heterocycles. The first kappa shape index (κ1) is 17.8. The first-order chi connectivity index (χ1) is 11.0. The van der Waals surface area contributed by atoms with E-state index in [2.05, 4.69) is 17.3 Å². The number of carboxylic acids is 1. The standard InChI is InChI=1S/C16H25N3O3S/c1-11-3-5-12(6-4-11)14(16(21)22)18-15(20)13-7-8-17-19(13)9-10-23-2/h7-8,11-12,14H,3-6,9-10H2,1-2H3,(H,18,20)(H,21,22)/t11?,12?,14-/m0/s1. The number of aromatic nitrogens is 2. The van der Waals surface area contributed by atoms with E-state index in [1.165, 1.54) is 0 Å². The molecule has 1 aliphatic rings. The molecule has 2 N–H and O–H groups in total. The van der Waals surface area contributed by atoms with Crippen molar-refractivity contribution < 1.29 is 14.7 Å². The summed E-state index contributed by atoms with van der Waals surface area (Å²) >= 11 is 1.68. The van der Waals surface area contributed by atoms with Crippen LogP contribution in [-0.4, -0.2) is 44.8 Å². The third-order valence-corrected chi connectivity index (χ3v) is 5.13. The lowest BCUT2D eigenvalue weighted by Crippen LogP contribution is -2.47. The predicted octanol–water partition coefficient (Wildman–Crippen LogP) is 2.26. The SMILES string of the molecule is CSCCn1nccc1C(=O)N[C@H](C(=O)O)C1CCC(C)CC1. The summed E-state index contributed by atoms with van der Waals surface area (Å²) < 4.78 is 1.63. The minimum Gasteiger partial charge on any atom is -0.480 e. The van der Waals surface area contributed by atoms with Crippen LogP contribution in [0.3, 0.4) is 0 Å². The quantitative estimate of drug-likeness (QED) is 0.796. The number of nitrogens with one attached hydrogen (secondary N) is 1. The Bertz CT molecular complexity index is 538. The maximum Gasteiger partial charge on any atom is 0.326 e. The van der Waals surface area contributed by atoms with Crippen LogP contribution in [0.1, 0.15) is 43.1 Å². The molecule has 1 saturated carbocycles. The second-order valence-electron chi connectivity index (χ2n) is 6.24. The van der Waals surface area contributed by atoms with Crippen LogP contribution in [0.25, 0.3) is 0 Å². The molecule has 0 unspecified atom stereocenters. The van der Waals surface area contributed by atoms with E-state index in [1.807, 2.05) is 6.26 Å². The summed E-state index contributed by atoms with van der Waals surface area (Å²) in [6, 6.07) is 0.816. The molecule has 1 heterocycles. The van der Waals surface area contributed by atoms with Crippen molar-refractivity contribution in [2.45, 2.75) is 45.2 Å². The molecule has 1 amide bonds. The maximum atomic E-state index is 12.5. The summed E-state index contributed by atoms with van der Waals surface area (Å²) in [5.74, 6) is 0.201. The van der Waals surface area contributed by atoms with E-state index >= 15 is 0 Å². The molecule has 0 bridgehead atoms. The fourth-order valence-corrected chi connectivity index (χ4v) is 3.45. The van der Waals surface area contributed by atoms with Crippen LogP contribution in [0, 0.1) is 11.8 Å². The molecule has 0 radical (unpaired) electrons. The fraction of sp³-hybridized carbons (Fsp3) is 0.688. The molecule has 1 atom stereocenters. The van der Waals surface area contributed by atoms with Crippen LogP contribution >= 0.6 is 11.8 Å². The van der Waals surface area contributed by atoms with Gasteiger partial charge in [0.1, 0.15) is 11.7 Å². The van der Waals surface area contributed by atoms with Crippen LogP contribution in [0.4, 0.5) is 0 Å². The summed E-state index contributed by atoms with van der Waals surface area (Å²) in [7, 11) is 0. The number of carbonyl (C=O) groups excluding carboxylic acids is 1. The van der Waals surface area contributed by atoms with Crippen molar-refractivity contribution in [2.75, 3.05) is 12.0 Å². The lowest BCUT2D eigenvalue weighted by atomic mass is 9.79. The average Bonchev–Trinajstić information content (AvgIpc) is 2.99. The molecule has 7 heteroatoms. The van der Waals surface area contributed by atoms with Gasteiger partial charge in [-0.15, -0.1) is 0 Å². The number of nitrogens with zero attached hydrogens (tertiary/aromatic N) is 2. The van der Waals surface area contributed by atoms with E-state index in [1.54, 1.807) is 28.7 Å². The number of amides is 1. The van der Waals surface area contributed by atoms with Crippen molar-refractivity contribution in [3.8, 4) is 0 Å². The van der Waals surface area contributed by atoms with Crippen molar-refractivity contribution in [2.24, 2.45) is 11.8 Å². The van der Waals surface area contributed by atoms with E-state index in [0.29, 0.717) is 18.2 Å². The zero-order valence-electron chi connectivity index (χ0n) is 13.7. The van der Waals surface area contributed by atoms with E-state index in [-0.39, 0.29) is 11.8 Å². The van der Waals surface area contributed by atoms with Gasteiger partial charge in [0, 0.05) is 11.9 Å². The lowest BCUT2D eigenvalue weighted by molar-refractivity contribution is -0.141. The van der Waals surface area contributed by atoms with Crippen molar-refractivity contribution >= 4 is 23.6 Å². The average molecular weight is 339 g/mol. The van der Waals surface area contributed by atoms with Gasteiger partial charge in [-0.05, 0) is 37.0 Å². The third kappa shape index (κ3) is 4.73. The van der Waals surface area contributed by atoms with Gasteiger partial charge in [0.05, 0.1) is 6.54 Å². The van der Waals surface area contributed by atoms with Gasteiger partial charge < -0.3 is 10.4 Å². The molecule has 2 rings (SSSR count). The molecule has 6 nitrogen and oxygen atoms in total. The van der Waals surface area contributed by atoms with Gasteiger partial charge in [0.2, 0.25) is 0 Å². The van der Waals surface area contributed by atoms with E-state index in [0.717, 1.165) is 31.4 Å². The van der Waals surface area contributed by atoms with E-state index in [9.17, 15) is 14.7 Å². The highest BCUT2D eigenvalue weighted by Crippen LogP contribution is 2.30. The number of carbonyl (C=O) groups is 2. The van der Waals surface area contributed by atoms with Gasteiger partial charge in [-0.2, -0.15) is 16.9 Å². The van der Waals surface area contributed by atoms with Gasteiger partial charge in [0.25, 0.3) is 5.91 Å². The molecular formula is C16H25N3O3S. The third-order valence-electron chi connectivity index (χ3n) is 4.54. The molecule has 1 aromatic rings. The maximum absolute atomic E-state index is 12.5. The summed E-state index contributed by atoms with van der Waals surface area (Å²) in [6.45, 7) is 2.82. The monoisotopic (exact) mass is 339 g/mol. The van der Waals surface area contributed by atoms with Crippen LogP contribution < -0.4 is 5.32 Å². The van der Waals surface area contributed by atoms with Crippen molar-refractivity contribution in [1.29, 1.82) is 0 Å². The Labute approximate surface area is 141 Å². The van der Waals surface area contributed by atoms with Crippen LogP contribution in [0.5, 0.6) is 0 Å². The first-order valence-electron chi connectivity index (χ1n) is 8.07. The number of aliphatic carboxylic acids is 1. The van der Waals surface area contributed by atoms with E-state index in [4.69, 9.17) is 0 Å². The zero-order chi connectivity index (χ0) is 16.8.